The molecular formula is C34H33Cl2FN4O5S. The molecule has 2 aliphatic carbocycles. The highest BCUT2D eigenvalue weighted by molar-refractivity contribution is 7.93. The molecule has 1 aromatic heterocycles. The minimum atomic E-state index is -3.92. The Kier molecular flexibility index (Phi) is 8.75. The van der Waals surface area contributed by atoms with Gasteiger partial charge in [0.1, 0.15) is 18.0 Å². The molecule has 1 amide bonds. The summed E-state index contributed by atoms with van der Waals surface area (Å²) in [5, 5.41) is 8.46. The Labute approximate surface area is 282 Å². The largest absolute Gasteiger partial charge is 0.425 e. The van der Waals surface area contributed by atoms with Gasteiger partial charge in [-0.05, 0) is 79.1 Å². The van der Waals surface area contributed by atoms with Crippen LogP contribution >= 0.6 is 23.2 Å². The van der Waals surface area contributed by atoms with Crippen LogP contribution in [0.3, 0.4) is 0 Å². The summed E-state index contributed by atoms with van der Waals surface area (Å²) in [6.45, 7) is 1.55. The van der Waals surface area contributed by atoms with E-state index in [1.165, 1.54) is 22.5 Å². The number of benzene rings is 3. The lowest BCUT2D eigenvalue weighted by Crippen LogP contribution is -2.59. The van der Waals surface area contributed by atoms with E-state index < -0.39 is 45.4 Å². The number of carbonyl (C=O) groups excluding carboxylic acids is 1. The van der Waals surface area contributed by atoms with Crippen molar-refractivity contribution in [1.29, 1.82) is 0 Å². The number of carbonyl (C=O) groups is 1. The second-order valence-corrected chi connectivity index (χ2v) is 15.4. The Morgan fingerprint density at radius 3 is 2.34 bits per heavy atom. The third-order valence-corrected chi connectivity index (χ3v) is 11.8. The van der Waals surface area contributed by atoms with E-state index in [1.807, 2.05) is 24.3 Å². The van der Waals surface area contributed by atoms with Crippen molar-refractivity contribution in [3.63, 3.8) is 0 Å². The molecule has 3 aliphatic rings. The molecule has 0 radical (unpaired) electrons. The number of hydrogen-bond acceptors (Lipinski definition) is 7. The van der Waals surface area contributed by atoms with E-state index in [9.17, 15) is 13.2 Å². The maximum absolute atomic E-state index is 15.4. The van der Waals surface area contributed by atoms with Crippen LogP contribution in [-0.4, -0.2) is 53.4 Å². The summed E-state index contributed by atoms with van der Waals surface area (Å²) >= 11 is 12.8. The average molecular weight is 700 g/mol. The molecule has 47 heavy (non-hydrogen) atoms. The fourth-order valence-corrected chi connectivity index (χ4v) is 8.64. The number of amides is 1. The van der Waals surface area contributed by atoms with Crippen LogP contribution < -0.4 is 4.31 Å². The number of nitrogens with zero attached hydrogens (tertiary/aromatic N) is 4. The van der Waals surface area contributed by atoms with Crippen LogP contribution in [0.15, 0.2) is 77.2 Å². The van der Waals surface area contributed by atoms with Gasteiger partial charge in [0.25, 0.3) is 5.91 Å². The molecule has 2 heterocycles. The highest BCUT2D eigenvalue weighted by Crippen LogP contribution is 2.49. The predicted molar refractivity (Wildman–Crippen MR) is 175 cm³/mol. The van der Waals surface area contributed by atoms with Crippen LogP contribution in [-0.2, 0) is 26.0 Å². The standard InChI is InChI=1S/C34H33Cl2FN4O5S/c1-20-38-39-31(45-20)18-30-34(42)41(32(22-11-13-24(35)14-12-22)33(46-30)23-5-4-6-25(36)17-23)29(21-9-10-21)19-40(47(43,44)26-15-16-26)28-8-3-2-7-27(28)37/h2-8,11-14,17,21,26,29-30,32-33H,9-10,15-16,18-19H2,1H3/t29?,30-,32-,33-/m1/s1. The van der Waals surface area contributed by atoms with E-state index in [1.54, 1.807) is 42.2 Å². The van der Waals surface area contributed by atoms with Crippen molar-refractivity contribution >= 4 is 44.8 Å². The van der Waals surface area contributed by atoms with Crippen LogP contribution in [0.25, 0.3) is 0 Å². The van der Waals surface area contributed by atoms with E-state index >= 15 is 4.39 Å². The molecule has 246 valence electrons. The zero-order valence-electron chi connectivity index (χ0n) is 25.5. The molecule has 1 unspecified atom stereocenters. The van der Waals surface area contributed by atoms with Gasteiger partial charge in [0.2, 0.25) is 21.8 Å². The first kappa shape index (κ1) is 32.1. The van der Waals surface area contributed by atoms with Gasteiger partial charge in [-0.25, -0.2) is 12.8 Å². The zero-order chi connectivity index (χ0) is 32.9. The molecule has 4 aromatic rings. The molecule has 1 saturated heterocycles. The number of aryl methyl sites for hydroxylation is 1. The van der Waals surface area contributed by atoms with Gasteiger partial charge < -0.3 is 14.1 Å². The number of hydrogen-bond donors (Lipinski definition) is 0. The number of halogens is 3. The molecule has 2 saturated carbocycles. The first-order chi connectivity index (χ1) is 22.6. The van der Waals surface area contributed by atoms with Gasteiger partial charge in [0.05, 0.1) is 36.0 Å². The van der Waals surface area contributed by atoms with Crippen LogP contribution in [0.2, 0.25) is 10.0 Å². The zero-order valence-corrected chi connectivity index (χ0v) is 27.8. The number of anilines is 1. The van der Waals surface area contributed by atoms with E-state index in [4.69, 9.17) is 32.4 Å². The summed E-state index contributed by atoms with van der Waals surface area (Å²) in [5.41, 5.74) is 1.44. The van der Waals surface area contributed by atoms with Crippen molar-refractivity contribution < 1.29 is 26.8 Å². The Hall–Kier alpha value is -3.51. The monoisotopic (exact) mass is 698 g/mol. The number of aromatic nitrogens is 2. The molecule has 1 aliphatic heterocycles. The van der Waals surface area contributed by atoms with Gasteiger partial charge >= 0.3 is 0 Å². The topological polar surface area (TPSA) is 106 Å². The minimum absolute atomic E-state index is 0.00929. The highest BCUT2D eigenvalue weighted by atomic mass is 35.5. The van der Waals surface area contributed by atoms with Crippen molar-refractivity contribution in [2.24, 2.45) is 5.92 Å². The van der Waals surface area contributed by atoms with Gasteiger partial charge in [-0.2, -0.15) is 0 Å². The van der Waals surface area contributed by atoms with Crippen molar-refractivity contribution in [2.75, 3.05) is 10.8 Å². The third-order valence-electron chi connectivity index (χ3n) is 8.99. The maximum atomic E-state index is 15.4. The molecular weight excluding hydrogens is 666 g/mol. The second-order valence-electron chi connectivity index (χ2n) is 12.4. The molecule has 13 heteroatoms. The van der Waals surface area contributed by atoms with Crippen molar-refractivity contribution in [3.05, 3.63) is 112 Å². The predicted octanol–water partition coefficient (Wildman–Crippen LogP) is 6.85. The highest BCUT2D eigenvalue weighted by Gasteiger charge is 2.52. The molecule has 3 aromatic carbocycles. The van der Waals surface area contributed by atoms with Crippen LogP contribution in [0.4, 0.5) is 10.1 Å². The first-order valence-electron chi connectivity index (χ1n) is 15.6. The minimum Gasteiger partial charge on any atom is -0.425 e. The summed E-state index contributed by atoms with van der Waals surface area (Å²) < 4.78 is 56.9. The first-order valence-corrected chi connectivity index (χ1v) is 17.9. The number of ether oxygens (including phenoxy) is 1. The Morgan fingerprint density at radius 1 is 0.957 bits per heavy atom. The maximum Gasteiger partial charge on any atom is 0.253 e. The fraction of sp³-hybridized carbons (Fsp3) is 0.382. The van der Waals surface area contributed by atoms with Crippen LogP contribution in [0.5, 0.6) is 0 Å². The summed E-state index contributed by atoms with van der Waals surface area (Å²) in [7, 11) is -3.92. The third kappa shape index (κ3) is 6.63. The number of morpholine rings is 1. The lowest BCUT2D eigenvalue weighted by Gasteiger charge is -2.49. The van der Waals surface area contributed by atoms with Gasteiger partial charge in [0.15, 0.2) is 0 Å². The number of rotatable bonds is 11. The van der Waals surface area contributed by atoms with Gasteiger partial charge in [-0.1, -0.05) is 59.6 Å². The summed E-state index contributed by atoms with van der Waals surface area (Å²) in [6.07, 6.45) is 0.839. The van der Waals surface area contributed by atoms with E-state index in [0.29, 0.717) is 28.8 Å². The average Bonchev–Trinajstić information content (AvgIpc) is 3.98. The van der Waals surface area contributed by atoms with Gasteiger partial charge in [-0.15, -0.1) is 10.2 Å². The quantitative estimate of drug-likeness (QED) is 0.169. The van der Waals surface area contributed by atoms with Crippen molar-refractivity contribution in [1.82, 2.24) is 15.1 Å². The molecule has 3 fully saturated rings. The molecule has 9 nitrogen and oxygen atoms in total. The summed E-state index contributed by atoms with van der Waals surface area (Å²) in [5.74, 6) is -0.430. The van der Waals surface area contributed by atoms with Crippen molar-refractivity contribution in [3.8, 4) is 0 Å². The molecule has 0 N–H and O–H groups in total. The number of para-hydroxylation sites is 1. The van der Waals surface area contributed by atoms with E-state index in [0.717, 1.165) is 24.0 Å². The van der Waals surface area contributed by atoms with Crippen molar-refractivity contribution in [2.45, 2.75) is 68.6 Å². The second kappa shape index (κ2) is 12.8. The molecule has 0 bridgehead atoms. The Morgan fingerprint density at radius 2 is 1.70 bits per heavy atom. The van der Waals surface area contributed by atoms with E-state index in [-0.39, 0.29) is 36.4 Å². The number of sulfonamides is 1. The SMILES string of the molecule is Cc1nnc(C[C@H]2O[C@H](c3cccc(Cl)c3)[C@@H](c3ccc(Cl)cc3)N(C(CN(c3ccccc3F)S(=O)(=O)C3CC3)C3CC3)C2=O)o1. The smallest absolute Gasteiger partial charge is 0.253 e. The molecule has 4 atom stereocenters. The van der Waals surface area contributed by atoms with Gasteiger partial charge in [-0.3, -0.25) is 9.10 Å². The normalized spacial score (nSPS) is 22.3. The summed E-state index contributed by atoms with van der Waals surface area (Å²) in [4.78, 5) is 16.6. The Balaban J connectivity index is 1.37. The fourth-order valence-electron chi connectivity index (χ4n) is 6.44. The van der Waals surface area contributed by atoms with Crippen LogP contribution in [0, 0.1) is 18.7 Å². The summed E-state index contributed by atoms with van der Waals surface area (Å²) in [6, 6.07) is 19.0. The Bertz CT molecular complexity index is 1880. The van der Waals surface area contributed by atoms with Gasteiger partial charge in [0, 0.05) is 17.0 Å². The van der Waals surface area contributed by atoms with E-state index in [2.05, 4.69) is 10.2 Å². The van der Waals surface area contributed by atoms with Crippen LogP contribution in [0.1, 0.15) is 60.7 Å². The molecule has 0 spiro atoms. The lowest BCUT2D eigenvalue weighted by molar-refractivity contribution is -0.180. The molecule has 7 rings (SSSR count). The lowest BCUT2D eigenvalue weighted by atomic mass is 9.89.